The highest BCUT2D eigenvalue weighted by Gasteiger charge is 2.26. The van der Waals surface area contributed by atoms with Gasteiger partial charge in [-0.2, -0.15) is 0 Å². The van der Waals surface area contributed by atoms with E-state index in [1.54, 1.807) is 0 Å². The lowest BCUT2D eigenvalue weighted by atomic mass is 9.97. The first-order chi connectivity index (χ1) is 12.9. The van der Waals surface area contributed by atoms with Crippen molar-refractivity contribution >= 4 is 29.3 Å². The standard InChI is InChI=1S/C20H21N3O4.ClH/c1-21-9-10-8-14-11-4-3-5-13-17(12(11)6-7-15(14)23(10)2)22-19(25)16(18(13)24)20(26)27;/h6-8,21H,3-5,9H2,1-2H3,(H,26,27)(H2,22,24,25);1H. The number of carboxylic acid groups (broad SMARTS) is 1. The van der Waals surface area contributed by atoms with E-state index in [1.165, 1.54) is 0 Å². The van der Waals surface area contributed by atoms with Crippen molar-refractivity contribution in [2.24, 2.45) is 7.05 Å². The molecule has 0 unspecified atom stereocenters. The molecule has 148 valence electrons. The number of hydrogen-bond donors (Lipinski definition) is 4. The Balaban J connectivity index is 0.00000225. The molecule has 1 aliphatic rings. The van der Waals surface area contributed by atoms with Gasteiger partial charge in [0, 0.05) is 41.3 Å². The summed E-state index contributed by atoms with van der Waals surface area (Å²) in [6.07, 6.45) is 2.05. The number of carboxylic acids is 1. The number of benzene rings is 1. The number of aromatic hydroxyl groups is 1. The Hall–Kier alpha value is -2.77. The average Bonchev–Trinajstić information content (AvgIpc) is 2.81. The number of pyridine rings is 1. The number of fused-ring (bicyclic) bond motifs is 5. The lowest BCUT2D eigenvalue weighted by Gasteiger charge is -2.13. The van der Waals surface area contributed by atoms with Crippen molar-refractivity contribution < 1.29 is 15.0 Å². The van der Waals surface area contributed by atoms with Gasteiger partial charge >= 0.3 is 5.97 Å². The molecule has 8 heteroatoms. The highest BCUT2D eigenvalue weighted by molar-refractivity contribution is 5.94. The zero-order valence-electron chi connectivity index (χ0n) is 15.6. The van der Waals surface area contributed by atoms with Gasteiger partial charge in [0.1, 0.15) is 5.75 Å². The molecule has 0 saturated carbocycles. The molecule has 1 aromatic carbocycles. The van der Waals surface area contributed by atoms with Crippen LogP contribution in [0.2, 0.25) is 0 Å². The van der Waals surface area contributed by atoms with Crippen molar-refractivity contribution in [2.75, 3.05) is 7.05 Å². The molecule has 3 aromatic rings. The van der Waals surface area contributed by atoms with E-state index in [-0.39, 0.29) is 12.4 Å². The Labute approximate surface area is 167 Å². The van der Waals surface area contributed by atoms with Gasteiger partial charge in [-0.1, -0.05) is 6.07 Å². The second-order valence-electron chi connectivity index (χ2n) is 6.94. The fraction of sp³-hybridized carbons (Fsp3) is 0.300. The van der Waals surface area contributed by atoms with E-state index in [2.05, 4.69) is 20.9 Å². The monoisotopic (exact) mass is 403 g/mol. The van der Waals surface area contributed by atoms with Gasteiger partial charge in [0.2, 0.25) is 0 Å². The molecule has 7 nitrogen and oxygen atoms in total. The van der Waals surface area contributed by atoms with Crippen molar-refractivity contribution in [1.29, 1.82) is 0 Å². The summed E-state index contributed by atoms with van der Waals surface area (Å²) in [6.45, 7) is 0.746. The zero-order chi connectivity index (χ0) is 19.3. The van der Waals surface area contributed by atoms with Crippen molar-refractivity contribution in [2.45, 2.75) is 25.8 Å². The van der Waals surface area contributed by atoms with Gasteiger partial charge in [-0.15, -0.1) is 12.4 Å². The number of nitrogens with one attached hydrogen (secondary N) is 2. The lowest BCUT2D eigenvalue weighted by Crippen LogP contribution is -2.20. The summed E-state index contributed by atoms with van der Waals surface area (Å²) in [4.78, 5) is 26.3. The Morgan fingerprint density at radius 1 is 1.29 bits per heavy atom. The van der Waals surface area contributed by atoms with Gasteiger partial charge < -0.3 is 25.1 Å². The summed E-state index contributed by atoms with van der Waals surface area (Å²) < 4.78 is 2.14. The van der Waals surface area contributed by atoms with E-state index in [0.717, 1.165) is 47.1 Å². The second kappa shape index (κ2) is 7.33. The third-order valence-electron chi connectivity index (χ3n) is 5.42. The van der Waals surface area contributed by atoms with Gasteiger partial charge in [0.05, 0.1) is 5.69 Å². The molecule has 0 bridgehead atoms. The molecule has 4 N–H and O–H groups in total. The van der Waals surface area contributed by atoms with E-state index in [4.69, 9.17) is 0 Å². The number of aryl methyl sites for hydroxylation is 2. The van der Waals surface area contributed by atoms with Crippen LogP contribution in [0, 0.1) is 0 Å². The normalized spacial score (nSPS) is 12.8. The van der Waals surface area contributed by atoms with E-state index in [1.807, 2.05) is 26.2 Å². The highest BCUT2D eigenvalue weighted by atomic mass is 35.5. The molecule has 0 radical (unpaired) electrons. The van der Waals surface area contributed by atoms with Crippen LogP contribution in [-0.4, -0.2) is 32.8 Å². The van der Waals surface area contributed by atoms with Gasteiger partial charge in [-0.25, -0.2) is 4.79 Å². The van der Waals surface area contributed by atoms with Crippen LogP contribution in [0.5, 0.6) is 5.75 Å². The Morgan fingerprint density at radius 2 is 2.00 bits per heavy atom. The highest BCUT2D eigenvalue weighted by Crippen LogP contribution is 2.39. The molecule has 0 saturated heterocycles. The Morgan fingerprint density at radius 3 is 2.68 bits per heavy atom. The van der Waals surface area contributed by atoms with Crippen LogP contribution in [0.25, 0.3) is 22.2 Å². The van der Waals surface area contributed by atoms with Crippen LogP contribution in [-0.2, 0) is 26.4 Å². The van der Waals surface area contributed by atoms with E-state index >= 15 is 0 Å². The molecule has 4 rings (SSSR count). The molecule has 1 aliphatic carbocycles. The van der Waals surface area contributed by atoms with Gasteiger partial charge in [-0.3, -0.25) is 4.79 Å². The lowest BCUT2D eigenvalue weighted by molar-refractivity contribution is 0.0691. The SMILES string of the molecule is CNCc1cc2c3c(ccc2n1C)-c1[nH]c(=O)c(C(=O)O)c(O)c1CCC3.Cl. The second-order valence-corrected chi connectivity index (χ2v) is 6.94. The number of H-pyrrole nitrogens is 1. The molecule has 2 aromatic heterocycles. The van der Waals surface area contributed by atoms with Gasteiger partial charge in [0.15, 0.2) is 5.56 Å². The van der Waals surface area contributed by atoms with E-state index in [0.29, 0.717) is 17.7 Å². The number of aromatic carboxylic acids is 1. The maximum Gasteiger partial charge on any atom is 0.345 e. The molecule has 0 atom stereocenters. The molecule has 28 heavy (non-hydrogen) atoms. The summed E-state index contributed by atoms with van der Waals surface area (Å²) in [5.74, 6) is -1.84. The predicted octanol–water partition coefficient (Wildman–Crippen LogP) is 2.57. The first-order valence-electron chi connectivity index (χ1n) is 8.90. The van der Waals surface area contributed by atoms with Gasteiger partial charge in [-0.05, 0) is 44.0 Å². The van der Waals surface area contributed by atoms with Crippen LogP contribution in [0.4, 0.5) is 0 Å². The summed E-state index contributed by atoms with van der Waals surface area (Å²) in [5.41, 5.74) is 3.87. The molecule has 0 aliphatic heterocycles. The third-order valence-corrected chi connectivity index (χ3v) is 5.42. The topological polar surface area (TPSA) is 107 Å². The minimum atomic E-state index is -1.42. The molecular weight excluding hydrogens is 382 g/mol. The molecule has 0 amide bonds. The predicted molar refractivity (Wildman–Crippen MR) is 110 cm³/mol. The number of halogens is 1. The van der Waals surface area contributed by atoms with E-state index < -0.39 is 22.8 Å². The fourth-order valence-corrected chi connectivity index (χ4v) is 4.12. The maximum absolute atomic E-state index is 12.3. The van der Waals surface area contributed by atoms with Crippen LogP contribution < -0.4 is 10.9 Å². The van der Waals surface area contributed by atoms with Crippen molar-refractivity contribution in [3.05, 3.63) is 50.9 Å². The van der Waals surface area contributed by atoms with E-state index in [9.17, 15) is 19.8 Å². The summed E-state index contributed by atoms with van der Waals surface area (Å²) in [5, 5.41) is 24.0. The zero-order valence-corrected chi connectivity index (χ0v) is 16.4. The average molecular weight is 404 g/mol. The fourth-order valence-electron chi connectivity index (χ4n) is 4.12. The number of aromatic nitrogens is 2. The Bertz CT molecular complexity index is 1150. The minimum Gasteiger partial charge on any atom is -0.506 e. The minimum absolute atomic E-state index is 0. The summed E-state index contributed by atoms with van der Waals surface area (Å²) in [7, 11) is 3.93. The number of nitrogens with zero attached hydrogens (tertiary/aromatic N) is 1. The number of aromatic amines is 1. The molecule has 2 heterocycles. The van der Waals surface area contributed by atoms with Crippen molar-refractivity contribution in [3.8, 4) is 17.0 Å². The quantitative estimate of drug-likeness (QED) is 0.537. The number of rotatable bonds is 3. The number of carbonyl (C=O) groups is 1. The van der Waals surface area contributed by atoms with Crippen LogP contribution in [0.1, 0.15) is 33.6 Å². The molecular formula is C20H22ClN3O4. The largest absolute Gasteiger partial charge is 0.506 e. The molecule has 0 fully saturated rings. The van der Waals surface area contributed by atoms with Crippen LogP contribution in [0.15, 0.2) is 23.0 Å². The summed E-state index contributed by atoms with van der Waals surface area (Å²) in [6, 6.07) is 6.10. The number of hydrogen-bond acceptors (Lipinski definition) is 4. The third kappa shape index (κ3) is 2.87. The van der Waals surface area contributed by atoms with Crippen LogP contribution in [0.3, 0.4) is 0 Å². The molecule has 0 spiro atoms. The Kier molecular flexibility index (Phi) is 5.23. The first-order valence-corrected chi connectivity index (χ1v) is 8.90. The van der Waals surface area contributed by atoms with Crippen molar-refractivity contribution in [1.82, 2.24) is 14.9 Å². The van der Waals surface area contributed by atoms with Crippen LogP contribution >= 0.6 is 12.4 Å². The smallest absolute Gasteiger partial charge is 0.345 e. The maximum atomic E-state index is 12.3. The van der Waals surface area contributed by atoms with Gasteiger partial charge in [0.25, 0.3) is 5.56 Å². The first kappa shape index (κ1) is 20.0. The summed E-state index contributed by atoms with van der Waals surface area (Å²) >= 11 is 0. The van der Waals surface area contributed by atoms with Crippen molar-refractivity contribution in [3.63, 3.8) is 0 Å².